The van der Waals surface area contributed by atoms with Crippen LogP contribution in [0.5, 0.6) is 5.75 Å². The summed E-state index contributed by atoms with van der Waals surface area (Å²) in [4.78, 5) is 44.4. The summed E-state index contributed by atoms with van der Waals surface area (Å²) in [6.45, 7) is 0.498. The molecular formula is C29H26ClF3N4O4. The van der Waals surface area contributed by atoms with Crippen LogP contribution in [-0.2, 0) is 4.79 Å². The molecule has 2 atom stereocenters. The number of benzene rings is 2. The summed E-state index contributed by atoms with van der Waals surface area (Å²) < 4.78 is 42.8. The van der Waals surface area contributed by atoms with E-state index in [1.807, 2.05) is 30.3 Å². The highest BCUT2D eigenvalue weighted by atomic mass is 35.5. The molecule has 0 radical (unpaired) electrons. The lowest BCUT2D eigenvalue weighted by molar-refractivity contribution is -0.274. The fourth-order valence-corrected chi connectivity index (χ4v) is 5.07. The monoisotopic (exact) mass is 586 g/mol. The standard InChI is InChI=1S/C29H26ClF3N4O4/c30-22-14-19(15-34-25(22)36-26(38)18-10-11-18)28(40)37-13-12-23(21(16-37)17-6-2-1-3-7-17)35-27(39)20-8-4-5-9-24(20)41-29(31,32)33/h1-9,14-15,18,21,23H,10-13,16H2,(H,35,39)(H,34,36,38)/t21-,23-/m1/s1. The van der Waals surface area contributed by atoms with E-state index in [1.54, 1.807) is 4.90 Å². The third-order valence-corrected chi connectivity index (χ3v) is 7.37. The van der Waals surface area contributed by atoms with Crippen LogP contribution in [0.4, 0.5) is 19.0 Å². The topological polar surface area (TPSA) is 101 Å². The smallest absolute Gasteiger partial charge is 0.405 e. The summed E-state index contributed by atoms with van der Waals surface area (Å²) >= 11 is 6.32. The Balaban J connectivity index is 1.32. The van der Waals surface area contributed by atoms with Gasteiger partial charge >= 0.3 is 6.36 Å². The second-order valence-corrected chi connectivity index (χ2v) is 10.4. The fraction of sp³-hybridized carbons (Fsp3) is 0.310. The lowest BCUT2D eigenvalue weighted by Crippen LogP contribution is -2.51. The molecular weight excluding hydrogens is 561 g/mol. The van der Waals surface area contributed by atoms with E-state index in [2.05, 4.69) is 20.4 Å². The summed E-state index contributed by atoms with van der Waals surface area (Å²) in [7, 11) is 0. The van der Waals surface area contributed by atoms with Gasteiger partial charge in [-0.25, -0.2) is 4.98 Å². The molecule has 2 fully saturated rings. The Labute approximate surface area is 238 Å². The maximum Gasteiger partial charge on any atom is 0.573 e. The number of carbonyl (C=O) groups excluding carboxylic acids is 3. The van der Waals surface area contributed by atoms with E-state index in [0.717, 1.165) is 24.5 Å². The third-order valence-electron chi connectivity index (χ3n) is 7.08. The average Bonchev–Trinajstić information content (AvgIpc) is 3.80. The van der Waals surface area contributed by atoms with Crippen LogP contribution in [-0.4, -0.2) is 53.1 Å². The molecule has 8 nitrogen and oxygen atoms in total. The summed E-state index contributed by atoms with van der Waals surface area (Å²) in [5, 5.41) is 5.69. The van der Waals surface area contributed by atoms with Crippen molar-refractivity contribution >= 4 is 35.1 Å². The summed E-state index contributed by atoms with van der Waals surface area (Å²) in [5.41, 5.74) is 0.848. The Hall–Kier alpha value is -4.12. The predicted octanol–water partition coefficient (Wildman–Crippen LogP) is 5.41. The zero-order valence-electron chi connectivity index (χ0n) is 21.7. The number of ether oxygens (including phenoxy) is 1. The first-order valence-electron chi connectivity index (χ1n) is 13.1. The van der Waals surface area contributed by atoms with Crippen molar-refractivity contribution in [2.45, 2.75) is 37.6 Å². The van der Waals surface area contributed by atoms with Crippen LogP contribution in [0.3, 0.4) is 0 Å². The number of nitrogens with zero attached hydrogens (tertiary/aromatic N) is 2. The second kappa shape index (κ2) is 11.8. The number of rotatable bonds is 7. The number of hydrogen-bond donors (Lipinski definition) is 2. The van der Waals surface area contributed by atoms with Gasteiger partial charge in [0.1, 0.15) is 5.75 Å². The van der Waals surface area contributed by atoms with Crippen molar-refractivity contribution in [3.05, 3.63) is 88.6 Å². The van der Waals surface area contributed by atoms with Gasteiger partial charge in [0.2, 0.25) is 5.91 Å². The van der Waals surface area contributed by atoms with Crippen LogP contribution >= 0.6 is 11.6 Å². The SMILES string of the molecule is O=C(N[C@@H]1CCN(C(=O)c2cnc(NC(=O)C3CC3)c(Cl)c2)C[C@@H]1c1ccccc1)c1ccccc1OC(F)(F)F. The number of anilines is 1. The number of carbonyl (C=O) groups is 3. The molecule has 41 heavy (non-hydrogen) atoms. The molecule has 2 aromatic carbocycles. The first-order chi connectivity index (χ1) is 19.6. The van der Waals surface area contributed by atoms with E-state index < -0.39 is 24.1 Å². The number of halogens is 4. The van der Waals surface area contributed by atoms with E-state index in [-0.39, 0.29) is 58.7 Å². The van der Waals surface area contributed by atoms with Crippen LogP contribution in [0, 0.1) is 5.92 Å². The molecule has 214 valence electrons. The van der Waals surface area contributed by atoms with Crippen molar-refractivity contribution in [2.24, 2.45) is 5.92 Å². The summed E-state index contributed by atoms with van der Waals surface area (Å²) in [5.74, 6) is -1.98. The first-order valence-corrected chi connectivity index (χ1v) is 13.4. The molecule has 1 saturated carbocycles. The van der Waals surface area contributed by atoms with Crippen LogP contribution in [0.1, 0.15) is 51.5 Å². The Morgan fingerprint density at radius 2 is 1.71 bits per heavy atom. The van der Waals surface area contributed by atoms with Gasteiger partial charge in [-0.15, -0.1) is 13.2 Å². The number of aromatic nitrogens is 1. The van der Waals surface area contributed by atoms with E-state index in [9.17, 15) is 27.6 Å². The molecule has 3 amide bonds. The Morgan fingerprint density at radius 3 is 2.39 bits per heavy atom. The maximum atomic E-state index is 13.4. The molecule has 1 saturated heterocycles. The zero-order chi connectivity index (χ0) is 29.1. The van der Waals surface area contributed by atoms with Crippen molar-refractivity contribution < 1.29 is 32.3 Å². The number of alkyl halides is 3. The van der Waals surface area contributed by atoms with Gasteiger partial charge in [-0.1, -0.05) is 54.1 Å². The quantitative estimate of drug-likeness (QED) is 0.386. The molecule has 0 spiro atoms. The van der Waals surface area contributed by atoms with Gasteiger partial charge in [-0.05, 0) is 43.0 Å². The van der Waals surface area contributed by atoms with E-state index in [4.69, 9.17) is 11.6 Å². The minimum absolute atomic E-state index is 0.0310. The highest BCUT2D eigenvalue weighted by Crippen LogP contribution is 2.33. The second-order valence-electron chi connectivity index (χ2n) is 10.00. The summed E-state index contributed by atoms with van der Waals surface area (Å²) in [6, 6.07) is 15.4. The number of piperidine rings is 1. The van der Waals surface area contributed by atoms with Gasteiger partial charge in [0.25, 0.3) is 11.8 Å². The first kappa shape index (κ1) is 28.4. The van der Waals surface area contributed by atoms with Gasteiger partial charge in [0.15, 0.2) is 5.82 Å². The molecule has 2 N–H and O–H groups in total. The van der Waals surface area contributed by atoms with Gasteiger partial charge in [0.05, 0.1) is 16.1 Å². The highest BCUT2D eigenvalue weighted by Gasteiger charge is 2.36. The van der Waals surface area contributed by atoms with Crippen molar-refractivity contribution in [2.75, 3.05) is 18.4 Å². The lowest BCUT2D eigenvalue weighted by Gasteiger charge is -2.39. The number of nitrogens with one attached hydrogen (secondary N) is 2. The van der Waals surface area contributed by atoms with Gasteiger partial charge < -0.3 is 20.3 Å². The summed E-state index contributed by atoms with van der Waals surface area (Å²) in [6.07, 6.45) is -1.59. The zero-order valence-corrected chi connectivity index (χ0v) is 22.4. The number of hydrogen-bond acceptors (Lipinski definition) is 5. The molecule has 1 aliphatic carbocycles. The lowest BCUT2D eigenvalue weighted by atomic mass is 9.85. The van der Waals surface area contributed by atoms with E-state index >= 15 is 0 Å². The molecule has 12 heteroatoms. The molecule has 1 aliphatic heterocycles. The van der Waals surface area contributed by atoms with Crippen molar-refractivity contribution in [3.8, 4) is 5.75 Å². The van der Waals surface area contributed by atoms with Crippen LogP contribution in [0.25, 0.3) is 0 Å². The van der Waals surface area contributed by atoms with Crippen LogP contribution in [0.15, 0.2) is 66.9 Å². The van der Waals surface area contributed by atoms with Gasteiger partial charge in [-0.2, -0.15) is 0 Å². The van der Waals surface area contributed by atoms with Crippen molar-refractivity contribution in [3.63, 3.8) is 0 Å². The number of amides is 3. The number of para-hydroxylation sites is 1. The minimum atomic E-state index is -4.95. The predicted molar refractivity (Wildman–Crippen MR) is 145 cm³/mol. The molecule has 3 aromatic rings. The Bertz CT molecular complexity index is 1450. The molecule has 1 aromatic heterocycles. The largest absolute Gasteiger partial charge is 0.573 e. The third kappa shape index (κ3) is 6.97. The van der Waals surface area contributed by atoms with Crippen LogP contribution < -0.4 is 15.4 Å². The maximum absolute atomic E-state index is 13.4. The molecule has 2 heterocycles. The van der Waals surface area contributed by atoms with Crippen molar-refractivity contribution in [1.82, 2.24) is 15.2 Å². The Morgan fingerprint density at radius 1 is 1.00 bits per heavy atom. The minimum Gasteiger partial charge on any atom is -0.405 e. The fourth-order valence-electron chi connectivity index (χ4n) is 4.85. The van der Waals surface area contributed by atoms with Gasteiger partial charge in [-0.3, -0.25) is 14.4 Å². The number of pyridine rings is 1. The number of likely N-dealkylation sites (tertiary alicyclic amines) is 1. The van der Waals surface area contributed by atoms with E-state index in [1.165, 1.54) is 30.5 Å². The molecule has 2 aliphatic rings. The van der Waals surface area contributed by atoms with Gasteiger partial charge in [0, 0.05) is 37.2 Å². The van der Waals surface area contributed by atoms with Crippen LogP contribution in [0.2, 0.25) is 5.02 Å². The highest BCUT2D eigenvalue weighted by molar-refractivity contribution is 6.33. The van der Waals surface area contributed by atoms with Crippen molar-refractivity contribution in [1.29, 1.82) is 0 Å². The Kier molecular flexibility index (Phi) is 8.16. The normalized spacial score (nSPS) is 18.9. The van der Waals surface area contributed by atoms with E-state index in [0.29, 0.717) is 6.42 Å². The molecule has 0 unspecified atom stereocenters. The average molecular weight is 587 g/mol. The molecule has 5 rings (SSSR count). The molecule has 0 bridgehead atoms.